The van der Waals surface area contributed by atoms with E-state index in [0.717, 1.165) is 15.6 Å². The van der Waals surface area contributed by atoms with Gasteiger partial charge in [-0.1, -0.05) is 15.9 Å². The fraction of sp³-hybridized carbons (Fsp3) is 0.250. The molecule has 0 aliphatic heterocycles. The van der Waals surface area contributed by atoms with Crippen LogP contribution in [0, 0.1) is 13.8 Å². The predicted octanol–water partition coefficient (Wildman–Crippen LogP) is 2.60. The average molecular weight is 344 g/mol. The Morgan fingerprint density at radius 3 is 2.32 bits per heavy atom. The van der Waals surface area contributed by atoms with Crippen molar-refractivity contribution in [2.75, 3.05) is 4.72 Å². The van der Waals surface area contributed by atoms with Crippen LogP contribution >= 0.6 is 15.9 Å². The molecule has 19 heavy (non-hydrogen) atoms. The summed E-state index contributed by atoms with van der Waals surface area (Å²) in [4.78, 5) is 0. The summed E-state index contributed by atoms with van der Waals surface area (Å²) in [6, 6.07) is 5.02. The smallest absolute Gasteiger partial charge is 0.278 e. The third-order valence-electron chi connectivity index (χ3n) is 2.74. The summed E-state index contributed by atoms with van der Waals surface area (Å²) in [7, 11) is -2.02. The first-order chi connectivity index (χ1) is 8.81. The van der Waals surface area contributed by atoms with Crippen LogP contribution in [0.15, 0.2) is 33.9 Å². The van der Waals surface area contributed by atoms with Gasteiger partial charge < -0.3 is 0 Å². The van der Waals surface area contributed by atoms with Crippen LogP contribution in [0.4, 0.5) is 5.69 Å². The van der Waals surface area contributed by atoms with Gasteiger partial charge in [0.1, 0.15) is 0 Å². The lowest BCUT2D eigenvalue weighted by atomic mass is 10.1. The molecule has 0 radical (unpaired) electrons. The molecule has 102 valence electrons. The van der Waals surface area contributed by atoms with Gasteiger partial charge in [0.2, 0.25) is 0 Å². The van der Waals surface area contributed by atoms with Gasteiger partial charge >= 0.3 is 0 Å². The van der Waals surface area contributed by atoms with Crippen LogP contribution in [0.5, 0.6) is 0 Å². The van der Waals surface area contributed by atoms with Crippen LogP contribution in [0.2, 0.25) is 0 Å². The summed E-state index contributed by atoms with van der Waals surface area (Å²) in [6.45, 7) is 3.83. The van der Waals surface area contributed by atoms with Gasteiger partial charge in [-0.15, -0.1) is 0 Å². The largest absolute Gasteiger partial charge is 0.279 e. The molecule has 0 spiro atoms. The molecule has 5 nitrogen and oxygen atoms in total. The minimum absolute atomic E-state index is 0.130. The Morgan fingerprint density at radius 2 is 1.84 bits per heavy atom. The second-order valence-corrected chi connectivity index (χ2v) is 6.74. The highest BCUT2D eigenvalue weighted by molar-refractivity contribution is 9.10. The Hall–Kier alpha value is -1.34. The third kappa shape index (κ3) is 2.82. The van der Waals surface area contributed by atoms with E-state index in [2.05, 4.69) is 25.8 Å². The van der Waals surface area contributed by atoms with Gasteiger partial charge in [-0.25, -0.2) is 0 Å². The normalized spacial score (nSPS) is 11.6. The molecular formula is C12H14BrN3O2S. The second kappa shape index (κ2) is 4.97. The van der Waals surface area contributed by atoms with Gasteiger partial charge in [-0.05, 0) is 43.2 Å². The van der Waals surface area contributed by atoms with E-state index in [-0.39, 0.29) is 5.03 Å². The van der Waals surface area contributed by atoms with Crippen molar-refractivity contribution < 1.29 is 8.42 Å². The van der Waals surface area contributed by atoms with Crippen LogP contribution in [0.1, 0.15) is 11.1 Å². The molecule has 0 unspecified atom stereocenters. The molecule has 0 amide bonds. The quantitative estimate of drug-likeness (QED) is 0.931. The van der Waals surface area contributed by atoms with Crippen LogP contribution in [-0.2, 0) is 17.1 Å². The number of aromatic nitrogens is 2. The molecule has 1 N–H and O–H groups in total. The van der Waals surface area contributed by atoms with E-state index in [4.69, 9.17) is 0 Å². The van der Waals surface area contributed by atoms with Crippen LogP contribution in [0.3, 0.4) is 0 Å². The summed E-state index contributed by atoms with van der Waals surface area (Å²) in [5.74, 6) is 0. The third-order valence-corrected chi connectivity index (χ3v) is 5.45. The zero-order valence-corrected chi connectivity index (χ0v) is 13.2. The number of nitrogens with one attached hydrogen (secondary N) is 1. The topological polar surface area (TPSA) is 64.0 Å². The number of nitrogens with zero attached hydrogens (tertiary/aromatic N) is 2. The highest BCUT2D eigenvalue weighted by Gasteiger charge is 2.18. The van der Waals surface area contributed by atoms with E-state index in [1.54, 1.807) is 19.2 Å². The monoisotopic (exact) mass is 343 g/mol. The molecule has 2 aromatic rings. The molecule has 1 heterocycles. The Labute approximate surface area is 120 Å². The van der Waals surface area contributed by atoms with Crippen molar-refractivity contribution in [3.05, 3.63) is 40.0 Å². The minimum Gasteiger partial charge on any atom is -0.278 e. The molecule has 0 saturated heterocycles. The number of hydrogen-bond donors (Lipinski definition) is 1. The first-order valence-electron chi connectivity index (χ1n) is 5.59. The zero-order chi connectivity index (χ0) is 14.2. The summed E-state index contributed by atoms with van der Waals surface area (Å²) in [6.07, 6.45) is 1.45. The van der Waals surface area contributed by atoms with Gasteiger partial charge in [-0.3, -0.25) is 9.40 Å². The molecule has 0 aliphatic rings. The van der Waals surface area contributed by atoms with E-state index in [0.29, 0.717) is 5.69 Å². The molecule has 1 aromatic heterocycles. The van der Waals surface area contributed by atoms with E-state index in [1.807, 2.05) is 13.8 Å². The van der Waals surface area contributed by atoms with Crippen LogP contribution < -0.4 is 4.72 Å². The lowest BCUT2D eigenvalue weighted by Crippen LogP contribution is -2.16. The fourth-order valence-corrected chi connectivity index (χ4v) is 3.23. The number of sulfonamides is 1. The molecule has 0 bridgehead atoms. The second-order valence-electron chi connectivity index (χ2n) is 4.32. The molecule has 2 rings (SSSR count). The fourth-order valence-electron chi connectivity index (χ4n) is 1.84. The van der Waals surface area contributed by atoms with Crippen LogP contribution in [0.25, 0.3) is 0 Å². The molecule has 0 aliphatic carbocycles. The molecule has 0 fully saturated rings. The standard InChI is InChI=1S/C12H14BrN3O2S/c1-8-6-10(7-9(2)12(8)13)15-19(17,18)11-4-5-14-16(11)3/h4-7,15H,1-3H3. The van der Waals surface area contributed by atoms with Gasteiger partial charge in [0.25, 0.3) is 10.0 Å². The number of rotatable bonds is 3. The van der Waals surface area contributed by atoms with Gasteiger partial charge in [0.15, 0.2) is 5.03 Å². The first kappa shape index (κ1) is 14.1. The lowest BCUT2D eigenvalue weighted by molar-refractivity contribution is 0.582. The molecule has 0 saturated carbocycles. The SMILES string of the molecule is Cc1cc(NS(=O)(=O)c2ccnn2C)cc(C)c1Br. The Bertz CT molecular complexity index is 699. The zero-order valence-electron chi connectivity index (χ0n) is 10.8. The van der Waals surface area contributed by atoms with Crippen molar-refractivity contribution >= 4 is 31.6 Å². The van der Waals surface area contributed by atoms with E-state index < -0.39 is 10.0 Å². The van der Waals surface area contributed by atoms with Gasteiger partial charge in [0, 0.05) is 17.2 Å². The van der Waals surface area contributed by atoms with Crippen molar-refractivity contribution in [2.45, 2.75) is 18.9 Å². The van der Waals surface area contributed by atoms with Crippen molar-refractivity contribution in [1.82, 2.24) is 9.78 Å². The Morgan fingerprint density at radius 1 is 1.26 bits per heavy atom. The minimum atomic E-state index is -3.61. The highest BCUT2D eigenvalue weighted by Crippen LogP contribution is 2.26. The number of benzene rings is 1. The summed E-state index contributed by atoms with van der Waals surface area (Å²) in [5, 5.41) is 3.99. The summed E-state index contributed by atoms with van der Waals surface area (Å²) >= 11 is 3.45. The van der Waals surface area contributed by atoms with E-state index in [1.165, 1.54) is 16.9 Å². The number of aryl methyl sites for hydroxylation is 3. The predicted molar refractivity (Wildman–Crippen MR) is 77.6 cm³/mol. The van der Waals surface area contributed by atoms with Crippen molar-refractivity contribution in [3.63, 3.8) is 0 Å². The average Bonchev–Trinajstić information content (AvgIpc) is 2.72. The molecule has 1 aromatic carbocycles. The first-order valence-corrected chi connectivity index (χ1v) is 7.86. The number of hydrogen-bond acceptors (Lipinski definition) is 3. The lowest BCUT2D eigenvalue weighted by Gasteiger charge is -2.11. The van der Waals surface area contributed by atoms with Crippen molar-refractivity contribution in [1.29, 1.82) is 0 Å². The maximum atomic E-state index is 12.2. The summed E-state index contributed by atoms with van der Waals surface area (Å²) in [5.41, 5.74) is 2.49. The Balaban J connectivity index is 2.39. The number of anilines is 1. The maximum Gasteiger partial charge on any atom is 0.279 e. The Kier molecular flexibility index (Phi) is 3.69. The van der Waals surface area contributed by atoms with Crippen molar-refractivity contribution in [3.8, 4) is 0 Å². The number of halogens is 1. The molecular weight excluding hydrogens is 330 g/mol. The summed E-state index contributed by atoms with van der Waals surface area (Å²) < 4.78 is 29.3. The van der Waals surface area contributed by atoms with Crippen molar-refractivity contribution in [2.24, 2.45) is 7.05 Å². The van der Waals surface area contributed by atoms with Crippen LogP contribution in [-0.4, -0.2) is 18.2 Å². The molecule has 7 heteroatoms. The van der Waals surface area contributed by atoms with Gasteiger partial charge in [-0.2, -0.15) is 13.5 Å². The van der Waals surface area contributed by atoms with E-state index in [9.17, 15) is 8.42 Å². The molecule has 0 atom stereocenters. The van der Waals surface area contributed by atoms with Gasteiger partial charge in [0.05, 0.1) is 6.20 Å². The van der Waals surface area contributed by atoms with E-state index >= 15 is 0 Å². The highest BCUT2D eigenvalue weighted by atomic mass is 79.9. The maximum absolute atomic E-state index is 12.2.